The highest BCUT2D eigenvalue weighted by atomic mass is 32.2. The second kappa shape index (κ2) is 5.62. The summed E-state index contributed by atoms with van der Waals surface area (Å²) >= 11 is 3.25. The van der Waals surface area contributed by atoms with Gasteiger partial charge in [-0.25, -0.2) is 9.37 Å². The first-order valence-corrected chi connectivity index (χ1v) is 7.00. The number of halogens is 1. The minimum atomic E-state index is -0.235. The van der Waals surface area contributed by atoms with Crippen molar-refractivity contribution in [3.63, 3.8) is 0 Å². The van der Waals surface area contributed by atoms with E-state index in [2.05, 4.69) is 11.9 Å². The number of thioether (sulfide) groups is 1. The van der Waals surface area contributed by atoms with Gasteiger partial charge < -0.3 is 5.73 Å². The van der Waals surface area contributed by atoms with E-state index in [-0.39, 0.29) is 17.1 Å². The zero-order valence-corrected chi connectivity index (χ0v) is 11.0. The number of thiazole rings is 1. The summed E-state index contributed by atoms with van der Waals surface area (Å²) in [5, 5.41) is 2.14. The van der Waals surface area contributed by atoms with Crippen molar-refractivity contribution in [2.24, 2.45) is 5.73 Å². The highest BCUT2D eigenvalue weighted by molar-refractivity contribution is 8.01. The maximum atomic E-state index is 12.8. The highest BCUT2D eigenvalue weighted by Crippen LogP contribution is 2.31. The van der Waals surface area contributed by atoms with Gasteiger partial charge in [-0.05, 0) is 17.7 Å². The molecule has 1 aromatic heterocycles. The fourth-order valence-electron chi connectivity index (χ4n) is 1.46. The first kappa shape index (κ1) is 12.5. The third-order valence-electron chi connectivity index (χ3n) is 2.46. The van der Waals surface area contributed by atoms with Gasteiger partial charge in [-0.1, -0.05) is 30.8 Å². The van der Waals surface area contributed by atoms with Gasteiger partial charge in [0.2, 0.25) is 0 Å². The summed E-state index contributed by atoms with van der Waals surface area (Å²) in [7, 11) is 0. The quantitative estimate of drug-likeness (QED) is 0.863. The van der Waals surface area contributed by atoms with Crippen molar-refractivity contribution < 1.29 is 4.39 Å². The van der Waals surface area contributed by atoms with Crippen LogP contribution in [-0.4, -0.2) is 10.2 Å². The molecule has 2 aromatic rings. The summed E-state index contributed by atoms with van der Waals surface area (Å²) in [4.78, 5) is 4.21. The highest BCUT2D eigenvalue weighted by Gasteiger charge is 2.17. The average Bonchev–Trinajstić information content (AvgIpc) is 2.82. The Bertz CT molecular complexity index is 456. The van der Waals surface area contributed by atoms with E-state index in [0.29, 0.717) is 0 Å². The molecule has 0 spiro atoms. The van der Waals surface area contributed by atoms with Crippen LogP contribution < -0.4 is 5.73 Å². The third-order valence-corrected chi connectivity index (χ3v) is 4.57. The normalized spacial score (nSPS) is 14.5. The number of benzene rings is 1. The molecule has 17 heavy (non-hydrogen) atoms. The molecule has 0 fully saturated rings. The zero-order chi connectivity index (χ0) is 12.3. The SMILES string of the molecule is CC(Sc1nccs1)C(N)c1ccc(F)cc1. The van der Waals surface area contributed by atoms with Crippen LogP contribution in [0.2, 0.25) is 0 Å². The topological polar surface area (TPSA) is 38.9 Å². The molecule has 90 valence electrons. The molecular formula is C12H13FN2S2. The molecular weight excluding hydrogens is 255 g/mol. The summed E-state index contributed by atoms with van der Waals surface area (Å²) in [6.07, 6.45) is 1.78. The Labute approximate surface area is 108 Å². The number of hydrogen-bond acceptors (Lipinski definition) is 4. The molecule has 0 aliphatic carbocycles. The number of nitrogens with two attached hydrogens (primary N) is 1. The van der Waals surface area contributed by atoms with Crippen LogP contribution in [0.1, 0.15) is 18.5 Å². The van der Waals surface area contributed by atoms with Crippen LogP contribution in [0.3, 0.4) is 0 Å². The zero-order valence-electron chi connectivity index (χ0n) is 9.34. The standard InChI is InChI=1S/C12H13FN2S2/c1-8(17-12-15-6-7-16-12)11(14)9-2-4-10(13)5-3-9/h2-8,11H,14H2,1H3. The first-order chi connectivity index (χ1) is 8.16. The average molecular weight is 268 g/mol. The van der Waals surface area contributed by atoms with Gasteiger partial charge in [-0.2, -0.15) is 0 Å². The molecule has 1 aromatic carbocycles. The lowest BCUT2D eigenvalue weighted by molar-refractivity contribution is 0.624. The fraction of sp³-hybridized carbons (Fsp3) is 0.250. The molecule has 0 bridgehead atoms. The van der Waals surface area contributed by atoms with Gasteiger partial charge in [0, 0.05) is 22.9 Å². The number of aromatic nitrogens is 1. The molecule has 0 saturated carbocycles. The molecule has 0 aliphatic rings. The van der Waals surface area contributed by atoms with Crippen LogP contribution >= 0.6 is 23.1 Å². The van der Waals surface area contributed by atoms with Crippen LogP contribution in [0.5, 0.6) is 0 Å². The molecule has 1 heterocycles. The van der Waals surface area contributed by atoms with Gasteiger partial charge in [0.25, 0.3) is 0 Å². The molecule has 2 unspecified atom stereocenters. The Hall–Kier alpha value is -0.910. The third kappa shape index (κ3) is 3.28. The Morgan fingerprint density at radius 3 is 2.65 bits per heavy atom. The van der Waals surface area contributed by atoms with Crippen molar-refractivity contribution in [1.29, 1.82) is 0 Å². The van der Waals surface area contributed by atoms with E-state index >= 15 is 0 Å². The summed E-state index contributed by atoms with van der Waals surface area (Å²) in [5.74, 6) is -0.235. The maximum absolute atomic E-state index is 12.8. The molecule has 2 N–H and O–H groups in total. The fourth-order valence-corrected chi connectivity index (χ4v) is 3.40. The van der Waals surface area contributed by atoms with Gasteiger partial charge in [0.15, 0.2) is 0 Å². The van der Waals surface area contributed by atoms with Gasteiger partial charge in [0.1, 0.15) is 10.2 Å². The van der Waals surface area contributed by atoms with Gasteiger partial charge >= 0.3 is 0 Å². The lowest BCUT2D eigenvalue weighted by atomic mass is 10.1. The summed E-state index contributed by atoms with van der Waals surface area (Å²) in [6.45, 7) is 2.06. The van der Waals surface area contributed by atoms with E-state index in [9.17, 15) is 4.39 Å². The van der Waals surface area contributed by atoms with Crippen LogP contribution in [0.25, 0.3) is 0 Å². The molecule has 0 aliphatic heterocycles. The lowest BCUT2D eigenvalue weighted by Gasteiger charge is -2.18. The number of hydrogen-bond donors (Lipinski definition) is 1. The largest absolute Gasteiger partial charge is 0.323 e. The summed E-state index contributed by atoms with van der Waals surface area (Å²) in [6, 6.07) is 6.23. The van der Waals surface area contributed by atoms with Crippen molar-refractivity contribution in [3.8, 4) is 0 Å². The summed E-state index contributed by atoms with van der Waals surface area (Å²) in [5.41, 5.74) is 7.09. The Morgan fingerprint density at radius 1 is 1.35 bits per heavy atom. The van der Waals surface area contributed by atoms with Gasteiger partial charge in [-0.15, -0.1) is 11.3 Å². The molecule has 2 nitrogen and oxygen atoms in total. The van der Waals surface area contributed by atoms with Crippen molar-refractivity contribution >= 4 is 23.1 Å². The van der Waals surface area contributed by atoms with Crippen LogP contribution in [0.15, 0.2) is 40.2 Å². The molecule has 0 radical (unpaired) electrons. The number of nitrogens with zero attached hydrogens (tertiary/aromatic N) is 1. The van der Waals surface area contributed by atoms with Crippen LogP contribution in [-0.2, 0) is 0 Å². The van der Waals surface area contributed by atoms with Gasteiger partial charge in [-0.3, -0.25) is 0 Å². The number of rotatable bonds is 4. The monoisotopic (exact) mass is 268 g/mol. The molecule has 0 amide bonds. The lowest BCUT2D eigenvalue weighted by Crippen LogP contribution is -2.20. The minimum absolute atomic E-state index is 0.121. The van der Waals surface area contributed by atoms with E-state index < -0.39 is 0 Å². The molecule has 2 rings (SSSR count). The van der Waals surface area contributed by atoms with Crippen LogP contribution in [0.4, 0.5) is 4.39 Å². The van der Waals surface area contributed by atoms with Gasteiger partial charge in [0.05, 0.1) is 0 Å². The minimum Gasteiger partial charge on any atom is -0.323 e. The van der Waals surface area contributed by atoms with E-state index in [1.807, 2.05) is 5.38 Å². The predicted octanol–water partition coefficient (Wildman–Crippen LogP) is 3.46. The molecule has 2 atom stereocenters. The second-order valence-corrected chi connectivity index (χ2v) is 6.22. The Balaban J connectivity index is 2.04. The predicted molar refractivity (Wildman–Crippen MR) is 70.8 cm³/mol. The van der Waals surface area contributed by atoms with E-state index in [1.54, 1.807) is 41.4 Å². The van der Waals surface area contributed by atoms with E-state index in [1.165, 1.54) is 12.1 Å². The van der Waals surface area contributed by atoms with Crippen molar-refractivity contribution in [2.45, 2.75) is 22.6 Å². The van der Waals surface area contributed by atoms with E-state index in [4.69, 9.17) is 5.73 Å². The van der Waals surface area contributed by atoms with E-state index in [0.717, 1.165) is 9.90 Å². The Kier molecular flexibility index (Phi) is 4.15. The Morgan fingerprint density at radius 2 is 2.06 bits per heavy atom. The smallest absolute Gasteiger partial charge is 0.150 e. The molecule has 5 heteroatoms. The van der Waals surface area contributed by atoms with Crippen molar-refractivity contribution in [1.82, 2.24) is 4.98 Å². The maximum Gasteiger partial charge on any atom is 0.150 e. The van der Waals surface area contributed by atoms with Crippen molar-refractivity contribution in [3.05, 3.63) is 47.2 Å². The van der Waals surface area contributed by atoms with Crippen molar-refractivity contribution in [2.75, 3.05) is 0 Å². The first-order valence-electron chi connectivity index (χ1n) is 5.24. The summed E-state index contributed by atoms with van der Waals surface area (Å²) < 4.78 is 13.8. The second-order valence-electron chi connectivity index (χ2n) is 3.70. The van der Waals surface area contributed by atoms with Crippen LogP contribution in [0, 0.1) is 5.82 Å². The molecule has 0 saturated heterocycles.